The molecule has 0 spiro atoms. The summed E-state index contributed by atoms with van der Waals surface area (Å²) in [5, 5.41) is 8.46. The van der Waals surface area contributed by atoms with E-state index in [0.29, 0.717) is 29.9 Å². The lowest BCUT2D eigenvalue weighted by atomic mass is 10.2. The van der Waals surface area contributed by atoms with E-state index in [-0.39, 0.29) is 24.5 Å². The van der Waals surface area contributed by atoms with Crippen LogP contribution >= 0.6 is 0 Å². The standard InChI is InChI=1S/C8H14O2.C8H8.C7H12O3.C7H12O2.C5H8O2/c1-4-5-6-10-8(9)7(2)3;1-2-8-6-4-3-5-7-8;1-5(2)7(9)10-6(3)4-8;1-3-5-6-9-7(8)4-2;1-4(2)5(6)7-3/h2,4-6H2,1,3H3;2-7H,1H2;6,8H,1,4H2,2-3H3;4H,2-3,5-6H2,1H3;1H2,2-3H3. The van der Waals surface area contributed by atoms with Crippen LogP contribution in [0.15, 0.2) is 86.0 Å². The molecule has 44 heavy (non-hydrogen) atoms. The number of aliphatic hydroxyl groups is 1. The van der Waals surface area contributed by atoms with Crippen LogP contribution in [-0.2, 0) is 38.1 Å². The molecular weight excluding hydrogens is 564 g/mol. The molecule has 1 aromatic carbocycles. The molecule has 1 atom stereocenters. The van der Waals surface area contributed by atoms with Gasteiger partial charge in [-0.1, -0.05) is 96.0 Å². The van der Waals surface area contributed by atoms with E-state index in [9.17, 15) is 19.2 Å². The summed E-state index contributed by atoms with van der Waals surface area (Å²) in [4.78, 5) is 41.9. The summed E-state index contributed by atoms with van der Waals surface area (Å²) < 4.78 is 18.4. The molecule has 0 fully saturated rings. The molecule has 9 heteroatoms. The maximum absolute atomic E-state index is 10.7. The Labute approximate surface area is 264 Å². The van der Waals surface area contributed by atoms with Gasteiger partial charge in [-0.2, -0.15) is 0 Å². The minimum Gasteiger partial charge on any atom is -0.466 e. The summed E-state index contributed by atoms with van der Waals surface area (Å²) >= 11 is 0. The van der Waals surface area contributed by atoms with Gasteiger partial charge in [0.25, 0.3) is 0 Å². The van der Waals surface area contributed by atoms with Crippen LogP contribution in [0.25, 0.3) is 6.08 Å². The fraction of sp³-hybridized carbons (Fsp3) is 0.429. The molecule has 0 aliphatic heterocycles. The minimum atomic E-state index is -0.457. The molecule has 0 aliphatic rings. The van der Waals surface area contributed by atoms with Gasteiger partial charge in [0.1, 0.15) is 6.10 Å². The fourth-order valence-corrected chi connectivity index (χ4v) is 1.89. The number of hydrogen-bond acceptors (Lipinski definition) is 9. The first-order valence-corrected chi connectivity index (χ1v) is 14.2. The smallest absolute Gasteiger partial charge is 0.333 e. The lowest BCUT2D eigenvalue weighted by molar-refractivity contribution is -0.145. The van der Waals surface area contributed by atoms with E-state index in [1.54, 1.807) is 27.7 Å². The van der Waals surface area contributed by atoms with Gasteiger partial charge in [-0.05, 0) is 46.1 Å². The number of hydrogen-bond donors (Lipinski definition) is 1. The molecule has 0 aromatic heterocycles. The number of ether oxygens (including phenoxy) is 4. The van der Waals surface area contributed by atoms with Gasteiger partial charge in [-0.3, -0.25) is 0 Å². The van der Waals surface area contributed by atoms with E-state index in [2.05, 4.69) is 54.0 Å². The number of benzene rings is 1. The molecule has 0 saturated heterocycles. The van der Waals surface area contributed by atoms with Gasteiger partial charge >= 0.3 is 23.9 Å². The summed E-state index contributed by atoms with van der Waals surface area (Å²) in [6.07, 6.45) is 6.52. The highest BCUT2D eigenvalue weighted by molar-refractivity contribution is 5.87. The topological polar surface area (TPSA) is 125 Å². The van der Waals surface area contributed by atoms with Crippen molar-refractivity contribution in [3.8, 4) is 0 Å². The Morgan fingerprint density at radius 1 is 0.795 bits per heavy atom. The number of carbonyl (C=O) groups excluding carboxylic acids is 4. The van der Waals surface area contributed by atoms with Crippen LogP contribution in [-0.4, -0.2) is 62.0 Å². The maximum atomic E-state index is 10.7. The third-order valence-electron chi connectivity index (χ3n) is 4.47. The first kappa shape index (κ1) is 46.7. The summed E-state index contributed by atoms with van der Waals surface area (Å²) in [7, 11) is 1.33. The quantitative estimate of drug-likeness (QED) is 0.108. The SMILES string of the molecule is C=C(C)C(=O)OC.C=C(C)C(=O)OC(C)CO.C=C(C)C(=O)OCCCC.C=CC(=O)OCCCC.C=Cc1ccccc1. The summed E-state index contributed by atoms with van der Waals surface area (Å²) in [5.41, 5.74) is 2.42. The molecule has 1 unspecified atom stereocenters. The fourth-order valence-electron chi connectivity index (χ4n) is 1.89. The second-order valence-electron chi connectivity index (χ2n) is 9.06. The van der Waals surface area contributed by atoms with Crippen molar-refractivity contribution >= 4 is 30.0 Å². The molecule has 0 aliphatic carbocycles. The predicted molar refractivity (Wildman–Crippen MR) is 178 cm³/mol. The van der Waals surface area contributed by atoms with Crippen LogP contribution in [0.3, 0.4) is 0 Å². The Morgan fingerprint density at radius 3 is 1.55 bits per heavy atom. The highest BCUT2D eigenvalue weighted by Gasteiger charge is 2.07. The van der Waals surface area contributed by atoms with Gasteiger partial charge in [-0.25, -0.2) is 19.2 Å². The molecular formula is C35H54O9. The van der Waals surface area contributed by atoms with Crippen molar-refractivity contribution in [1.82, 2.24) is 0 Å². The lowest BCUT2D eigenvalue weighted by Gasteiger charge is -2.08. The third kappa shape index (κ3) is 35.8. The second kappa shape index (κ2) is 33.3. The number of aliphatic hydroxyl groups excluding tert-OH is 1. The van der Waals surface area contributed by atoms with Crippen molar-refractivity contribution in [3.63, 3.8) is 0 Å². The summed E-state index contributed by atoms with van der Waals surface area (Å²) in [6.45, 7) is 28.5. The van der Waals surface area contributed by atoms with E-state index in [1.165, 1.54) is 18.7 Å². The first-order valence-electron chi connectivity index (χ1n) is 14.2. The predicted octanol–water partition coefficient (Wildman–Crippen LogP) is 6.97. The van der Waals surface area contributed by atoms with Crippen LogP contribution in [0.2, 0.25) is 0 Å². The number of carbonyl (C=O) groups is 4. The highest BCUT2D eigenvalue weighted by Crippen LogP contribution is 1.98. The Morgan fingerprint density at radius 2 is 1.25 bits per heavy atom. The van der Waals surface area contributed by atoms with Crippen molar-refractivity contribution < 1.29 is 43.2 Å². The van der Waals surface area contributed by atoms with E-state index < -0.39 is 12.1 Å². The van der Waals surface area contributed by atoms with Gasteiger partial charge in [0.2, 0.25) is 0 Å². The minimum absolute atomic E-state index is 0.154. The molecule has 0 bridgehead atoms. The number of rotatable bonds is 13. The second-order valence-corrected chi connectivity index (χ2v) is 9.06. The monoisotopic (exact) mass is 618 g/mol. The molecule has 1 rings (SSSR count). The largest absolute Gasteiger partial charge is 0.466 e. The normalized spacial score (nSPS) is 9.36. The van der Waals surface area contributed by atoms with Gasteiger partial charge in [0.15, 0.2) is 0 Å². The highest BCUT2D eigenvalue weighted by atomic mass is 16.6. The van der Waals surface area contributed by atoms with E-state index in [1.807, 2.05) is 43.3 Å². The van der Waals surface area contributed by atoms with Crippen LogP contribution in [0, 0.1) is 0 Å². The summed E-state index contributed by atoms with van der Waals surface area (Å²) in [6, 6.07) is 10.0. The zero-order valence-corrected chi connectivity index (χ0v) is 27.8. The number of unbranched alkanes of at least 4 members (excludes halogenated alkanes) is 2. The molecule has 0 amide bonds. The Hall–Kier alpha value is -4.24. The summed E-state index contributed by atoms with van der Waals surface area (Å²) in [5.74, 6) is -1.42. The van der Waals surface area contributed by atoms with Gasteiger partial charge in [-0.15, -0.1) is 0 Å². The number of esters is 4. The van der Waals surface area contributed by atoms with Crippen LogP contribution < -0.4 is 0 Å². The molecule has 0 heterocycles. The Bertz CT molecular complexity index is 995. The van der Waals surface area contributed by atoms with Crippen LogP contribution in [0.5, 0.6) is 0 Å². The van der Waals surface area contributed by atoms with Gasteiger partial charge < -0.3 is 24.1 Å². The van der Waals surface area contributed by atoms with E-state index in [0.717, 1.165) is 25.7 Å². The van der Waals surface area contributed by atoms with Gasteiger partial charge in [0, 0.05) is 22.8 Å². The Balaban J connectivity index is -0.000000228. The third-order valence-corrected chi connectivity index (χ3v) is 4.47. The molecule has 9 nitrogen and oxygen atoms in total. The maximum Gasteiger partial charge on any atom is 0.333 e. The zero-order chi connectivity index (χ0) is 34.9. The van der Waals surface area contributed by atoms with E-state index >= 15 is 0 Å². The molecule has 1 N–H and O–H groups in total. The average Bonchev–Trinajstić information content (AvgIpc) is 3.02. The first-order chi connectivity index (χ1) is 20.7. The lowest BCUT2D eigenvalue weighted by Crippen LogP contribution is -2.18. The van der Waals surface area contributed by atoms with Crippen molar-refractivity contribution in [2.24, 2.45) is 0 Å². The van der Waals surface area contributed by atoms with Crippen molar-refractivity contribution in [2.75, 3.05) is 26.9 Å². The average molecular weight is 619 g/mol. The number of methoxy groups -OCH3 is 1. The van der Waals surface area contributed by atoms with E-state index in [4.69, 9.17) is 9.84 Å². The molecule has 248 valence electrons. The molecule has 0 radical (unpaired) electrons. The van der Waals surface area contributed by atoms with Crippen LogP contribution in [0.4, 0.5) is 0 Å². The van der Waals surface area contributed by atoms with Gasteiger partial charge in [0.05, 0.1) is 26.9 Å². The Kier molecular flexibility index (Phi) is 35.3. The zero-order valence-electron chi connectivity index (χ0n) is 27.8. The van der Waals surface area contributed by atoms with Crippen molar-refractivity contribution in [3.05, 3.63) is 91.6 Å². The molecule has 0 saturated carbocycles. The van der Waals surface area contributed by atoms with Crippen LogP contribution in [0.1, 0.15) is 72.8 Å². The van der Waals surface area contributed by atoms with Crippen molar-refractivity contribution in [1.29, 1.82) is 0 Å². The van der Waals surface area contributed by atoms with Crippen molar-refractivity contribution in [2.45, 2.75) is 73.3 Å². The molecule has 1 aromatic rings.